The van der Waals surface area contributed by atoms with Crippen molar-refractivity contribution in [3.8, 4) is 11.5 Å². The van der Waals surface area contributed by atoms with E-state index in [1.807, 2.05) is 12.1 Å². The summed E-state index contributed by atoms with van der Waals surface area (Å²) in [5, 5.41) is 9.45. The van der Waals surface area contributed by atoms with Crippen molar-refractivity contribution in [1.82, 2.24) is 0 Å². The fourth-order valence-electron chi connectivity index (χ4n) is 1.58. The van der Waals surface area contributed by atoms with Gasteiger partial charge in [0.15, 0.2) is 11.5 Å². The highest BCUT2D eigenvalue weighted by Crippen LogP contribution is 2.39. The van der Waals surface area contributed by atoms with Gasteiger partial charge in [-0.15, -0.1) is 0 Å². The molecule has 0 fully saturated rings. The number of aromatic hydroxyl groups is 1. The summed E-state index contributed by atoms with van der Waals surface area (Å²) in [5.74, 6) is 1.44. The molecule has 1 unspecified atom stereocenters. The van der Waals surface area contributed by atoms with E-state index in [2.05, 4.69) is 6.92 Å². The molecule has 0 saturated heterocycles. The molecule has 0 radical (unpaired) electrons. The minimum Gasteiger partial charge on any atom is -0.504 e. The standard InChI is InChI=1S/C10H12O2/c1-7-5-6-12-10-8(7)3-2-4-9(10)11/h2-4,7,11H,5-6H2,1H3. The Bertz CT molecular complexity index is 294. The third-order valence-electron chi connectivity index (χ3n) is 2.35. The van der Waals surface area contributed by atoms with E-state index in [1.165, 1.54) is 0 Å². The SMILES string of the molecule is CC1CCOc2c(O)cccc21. The second kappa shape index (κ2) is 2.70. The number of phenolic OH excluding ortho intramolecular Hbond substituents is 1. The average Bonchev–Trinajstić information content (AvgIpc) is 2.07. The van der Waals surface area contributed by atoms with E-state index in [0.29, 0.717) is 18.3 Å². The Balaban J connectivity index is 2.52. The molecule has 2 heteroatoms. The minimum absolute atomic E-state index is 0.263. The van der Waals surface area contributed by atoms with E-state index in [4.69, 9.17) is 4.74 Å². The highest BCUT2D eigenvalue weighted by Gasteiger charge is 2.19. The van der Waals surface area contributed by atoms with Crippen molar-refractivity contribution in [2.45, 2.75) is 19.3 Å². The Morgan fingerprint density at radius 3 is 3.08 bits per heavy atom. The first-order chi connectivity index (χ1) is 5.79. The van der Waals surface area contributed by atoms with Crippen LogP contribution in [0.3, 0.4) is 0 Å². The zero-order valence-electron chi connectivity index (χ0n) is 7.08. The number of ether oxygens (including phenoxy) is 1. The molecule has 1 heterocycles. The van der Waals surface area contributed by atoms with Crippen molar-refractivity contribution in [2.24, 2.45) is 0 Å². The molecule has 0 saturated carbocycles. The summed E-state index contributed by atoms with van der Waals surface area (Å²) in [6, 6.07) is 5.54. The van der Waals surface area contributed by atoms with E-state index < -0.39 is 0 Å². The van der Waals surface area contributed by atoms with Crippen LogP contribution in [-0.4, -0.2) is 11.7 Å². The first-order valence-electron chi connectivity index (χ1n) is 4.23. The Morgan fingerprint density at radius 1 is 1.50 bits per heavy atom. The van der Waals surface area contributed by atoms with Crippen LogP contribution in [0.4, 0.5) is 0 Å². The Morgan fingerprint density at radius 2 is 2.33 bits per heavy atom. The topological polar surface area (TPSA) is 29.5 Å². The van der Waals surface area contributed by atoms with Crippen LogP contribution < -0.4 is 4.74 Å². The summed E-state index contributed by atoms with van der Waals surface area (Å²) < 4.78 is 5.37. The maximum absolute atomic E-state index is 9.45. The van der Waals surface area contributed by atoms with Crippen LogP contribution in [0.15, 0.2) is 18.2 Å². The van der Waals surface area contributed by atoms with Gasteiger partial charge in [0.2, 0.25) is 0 Å². The predicted molar refractivity (Wildman–Crippen MR) is 46.6 cm³/mol. The summed E-state index contributed by atoms with van der Waals surface area (Å²) in [4.78, 5) is 0. The average molecular weight is 164 g/mol. The number of para-hydroxylation sites is 1. The van der Waals surface area contributed by atoms with Crippen molar-refractivity contribution >= 4 is 0 Å². The van der Waals surface area contributed by atoms with Crippen LogP contribution in [0.25, 0.3) is 0 Å². The number of fused-ring (bicyclic) bond motifs is 1. The second-order valence-electron chi connectivity index (χ2n) is 3.23. The molecule has 64 valence electrons. The molecule has 1 aromatic rings. The number of hydrogen-bond acceptors (Lipinski definition) is 2. The molecule has 1 aliphatic heterocycles. The molecule has 2 rings (SSSR count). The van der Waals surface area contributed by atoms with E-state index in [1.54, 1.807) is 6.07 Å². The summed E-state index contributed by atoms with van der Waals surface area (Å²) in [6.45, 7) is 2.87. The Kier molecular flexibility index (Phi) is 1.68. The van der Waals surface area contributed by atoms with E-state index >= 15 is 0 Å². The number of hydrogen-bond donors (Lipinski definition) is 1. The summed E-state index contributed by atoms with van der Waals surface area (Å²) in [5.41, 5.74) is 1.13. The highest BCUT2D eigenvalue weighted by molar-refractivity contribution is 5.48. The molecular formula is C10H12O2. The summed E-state index contributed by atoms with van der Waals surface area (Å²) >= 11 is 0. The Hall–Kier alpha value is -1.18. The van der Waals surface area contributed by atoms with Crippen LogP contribution in [0.2, 0.25) is 0 Å². The van der Waals surface area contributed by atoms with Crippen molar-refractivity contribution in [1.29, 1.82) is 0 Å². The molecule has 0 spiro atoms. The number of rotatable bonds is 0. The summed E-state index contributed by atoms with van der Waals surface area (Å²) in [6.07, 6.45) is 1.04. The molecule has 1 N–H and O–H groups in total. The smallest absolute Gasteiger partial charge is 0.164 e. The fourth-order valence-corrected chi connectivity index (χ4v) is 1.58. The first kappa shape index (κ1) is 7.47. The molecule has 1 atom stereocenters. The van der Waals surface area contributed by atoms with Crippen LogP contribution in [0.1, 0.15) is 24.8 Å². The largest absolute Gasteiger partial charge is 0.504 e. The molecule has 1 aromatic carbocycles. The minimum atomic E-state index is 0.263. The van der Waals surface area contributed by atoms with Gasteiger partial charge in [-0.25, -0.2) is 0 Å². The fraction of sp³-hybridized carbons (Fsp3) is 0.400. The lowest BCUT2D eigenvalue weighted by Crippen LogP contribution is -2.11. The lowest BCUT2D eigenvalue weighted by atomic mass is 9.95. The van der Waals surface area contributed by atoms with Crippen molar-refractivity contribution in [2.75, 3.05) is 6.61 Å². The maximum atomic E-state index is 9.45. The van der Waals surface area contributed by atoms with Gasteiger partial charge in [0.25, 0.3) is 0 Å². The van der Waals surface area contributed by atoms with Gasteiger partial charge in [-0.05, 0) is 18.4 Å². The lowest BCUT2D eigenvalue weighted by Gasteiger charge is -2.23. The van der Waals surface area contributed by atoms with E-state index in [-0.39, 0.29) is 5.75 Å². The molecule has 12 heavy (non-hydrogen) atoms. The van der Waals surface area contributed by atoms with Crippen molar-refractivity contribution < 1.29 is 9.84 Å². The normalized spacial score (nSPS) is 21.2. The van der Waals surface area contributed by atoms with Gasteiger partial charge in [-0.3, -0.25) is 0 Å². The quantitative estimate of drug-likeness (QED) is 0.637. The van der Waals surface area contributed by atoms with Gasteiger partial charge in [-0.1, -0.05) is 19.1 Å². The molecule has 1 aliphatic rings. The monoisotopic (exact) mass is 164 g/mol. The third-order valence-corrected chi connectivity index (χ3v) is 2.35. The number of benzene rings is 1. The predicted octanol–water partition coefficient (Wildman–Crippen LogP) is 2.28. The molecule has 0 aromatic heterocycles. The maximum Gasteiger partial charge on any atom is 0.164 e. The van der Waals surface area contributed by atoms with Gasteiger partial charge in [0, 0.05) is 5.56 Å². The van der Waals surface area contributed by atoms with Gasteiger partial charge in [0.1, 0.15) is 0 Å². The van der Waals surface area contributed by atoms with Crippen molar-refractivity contribution in [3.63, 3.8) is 0 Å². The van der Waals surface area contributed by atoms with Crippen molar-refractivity contribution in [3.05, 3.63) is 23.8 Å². The first-order valence-corrected chi connectivity index (χ1v) is 4.23. The van der Waals surface area contributed by atoms with Gasteiger partial charge in [-0.2, -0.15) is 0 Å². The third kappa shape index (κ3) is 1.04. The highest BCUT2D eigenvalue weighted by atomic mass is 16.5. The van der Waals surface area contributed by atoms with Gasteiger partial charge < -0.3 is 9.84 Å². The molecule has 0 bridgehead atoms. The molecule has 0 aliphatic carbocycles. The zero-order valence-corrected chi connectivity index (χ0v) is 7.08. The van der Waals surface area contributed by atoms with E-state index in [0.717, 1.165) is 12.0 Å². The Labute approximate surface area is 71.8 Å². The summed E-state index contributed by atoms with van der Waals surface area (Å²) in [7, 11) is 0. The zero-order chi connectivity index (χ0) is 8.55. The van der Waals surface area contributed by atoms with Gasteiger partial charge >= 0.3 is 0 Å². The second-order valence-corrected chi connectivity index (χ2v) is 3.23. The lowest BCUT2D eigenvalue weighted by molar-refractivity contribution is 0.258. The molecular weight excluding hydrogens is 152 g/mol. The van der Waals surface area contributed by atoms with Gasteiger partial charge in [0.05, 0.1) is 6.61 Å². The van der Waals surface area contributed by atoms with Crippen LogP contribution >= 0.6 is 0 Å². The van der Waals surface area contributed by atoms with Crippen LogP contribution in [0, 0.1) is 0 Å². The van der Waals surface area contributed by atoms with Crippen LogP contribution in [-0.2, 0) is 0 Å². The molecule has 0 amide bonds. The van der Waals surface area contributed by atoms with E-state index in [9.17, 15) is 5.11 Å². The molecule has 2 nitrogen and oxygen atoms in total. The van der Waals surface area contributed by atoms with Crippen LogP contribution in [0.5, 0.6) is 11.5 Å². The number of phenols is 1.